The Kier molecular flexibility index (Phi) is 7.59. The maximum absolute atomic E-state index is 12.8. The number of benzene rings is 11. The Bertz CT molecular complexity index is 5810. The molecule has 6 heterocycles. The minimum absolute atomic E-state index is 0.0272. The molecule has 0 spiro atoms. The molecule has 76 heavy (non-hydrogen) atoms. The van der Waals surface area contributed by atoms with Crippen LogP contribution in [0.1, 0.15) is 18.0 Å². The predicted octanol–water partition coefficient (Wildman–Crippen LogP) is 19.5. The van der Waals surface area contributed by atoms with Crippen molar-refractivity contribution in [3.05, 3.63) is 223 Å². The van der Waals surface area contributed by atoms with Gasteiger partial charge in [-0.25, -0.2) is 0 Å². The molecule has 350 valence electrons. The second-order valence-corrected chi connectivity index (χ2v) is 22.4. The van der Waals surface area contributed by atoms with E-state index in [0.717, 1.165) is 120 Å². The first-order valence-corrected chi connectivity index (χ1v) is 27.3. The van der Waals surface area contributed by atoms with Gasteiger partial charge >= 0.3 is 0 Å². The smallest absolute Gasteiger partial charge is 0.104 e. The maximum atomic E-state index is 12.8. The minimum atomic E-state index is -0.567. The molecule has 5 nitrogen and oxygen atoms in total. The molecule has 0 aliphatic rings. The highest BCUT2D eigenvalue weighted by Crippen LogP contribution is 2.52. The number of para-hydroxylation sites is 3. The fourth-order valence-corrected chi connectivity index (χ4v) is 16.4. The molecule has 0 aliphatic carbocycles. The first kappa shape index (κ1) is 37.2. The van der Waals surface area contributed by atoms with Crippen LogP contribution in [0.4, 0.5) is 0 Å². The predicted molar refractivity (Wildman–Crippen MR) is 323 cm³/mol. The van der Waals surface area contributed by atoms with Gasteiger partial charge in [-0.2, -0.15) is 10.5 Å². The number of fused-ring (bicyclic) bond motifs is 21. The van der Waals surface area contributed by atoms with E-state index in [0.29, 0.717) is 16.9 Å². The van der Waals surface area contributed by atoms with E-state index in [1.165, 1.54) is 0 Å². The summed E-state index contributed by atoms with van der Waals surface area (Å²) in [4.78, 5) is 0. The number of thiophene rings is 3. The Hall–Kier alpha value is -9.54. The van der Waals surface area contributed by atoms with Gasteiger partial charge in [0.1, 0.15) is 17.7 Å². The van der Waals surface area contributed by atoms with E-state index in [1.807, 2.05) is 65.2 Å². The number of hydrogen-bond donors (Lipinski definition) is 0. The molecule has 0 saturated heterocycles. The third-order valence-corrected chi connectivity index (χ3v) is 19.2. The lowest BCUT2D eigenvalue weighted by atomic mass is 9.91. The highest BCUT2D eigenvalue weighted by atomic mass is 32.1. The van der Waals surface area contributed by atoms with Crippen molar-refractivity contribution >= 4 is 160 Å². The van der Waals surface area contributed by atoms with Crippen molar-refractivity contribution in [2.75, 3.05) is 0 Å². The van der Waals surface area contributed by atoms with Crippen LogP contribution in [-0.2, 0) is 0 Å². The zero-order chi connectivity index (χ0) is 54.3. The molecule has 0 saturated carbocycles. The molecule has 6 aromatic heterocycles. The standard InChI is InChI=1S/C68H35N5S3/c69-36-48-59(38-16-2-1-3-17-38)63(71-50-24-10-4-21-45(50)60-53(71)33-30-42-39-18-7-13-27-56(39)74-66(42)60)49(37-70)65(73-52-26-12-6-23-47(52)62-55(73)35-32-44-41-20-9-15-29-58(41)76-68(44)62)64(48)72-51-25-11-5-22-46(51)61-54(72)34-31-43-40-19-8-14-28-57(40)75-67(43)61/h1-35H/i1D,2D,3D,16D,17D. The Morgan fingerprint density at radius 1 is 0.329 bits per heavy atom. The molecule has 0 atom stereocenters. The number of hydrogen-bond acceptors (Lipinski definition) is 5. The molecule has 17 rings (SSSR count). The third-order valence-electron chi connectivity index (χ3n) is 15.6. The van der Waals surface area contributed by atoms with Crippen LogP contribution in [0.15, 0.2) is 212 Å². The molecule has 0 amide bonds. The summed E-state index contributed by atoms with van der Waals surface area (Å²) in [6.07, 6.45) is 0. The molecule has 0 N–H and O–H groups in total. The first-order chi connectivity index (χ1) is 39.7. The lowest BCUT2D eigenvalue weighted by Crippen LogP contribution is -2.14. The molecule has 0 bridgehead atoms. The summed E-state index contributed by atoms with van der Waals surface area (Å²) in [5.41, 5.74) is 5.55. The summed E-state index contributed by atoms with van der Waals surface area (Å²) in [5.74, 6) is 0. The van der Waals surface area contributed by atoms with Gasteiger partial charge in [0.25, 0.3) is 0 Å². The van der Waals surface area contributed by atoms with Gasteiger partial charge in [-0.3, -0.25) is 0 Å². The summed E-state index contributed by atoms with van der Waals surface area (Å²) in [7, 11) is 0. The third kappa shape index (κ3) is 5.39. The monoisotopic (exact) mass is 1020 g/mol. The summed E-state index contributed by atoms with van der Waals surface area (Å²) < 4.78 is 60.0. The van der Waals surface area contributed by atoms with Gasteiger partial charge < -0.3 is 13.7 Å². The topological polar surface area (TPSA) is 62.4 Å². The van der Waals surface area contributed by atoms with Crippen molar-refractivity contribution in [3.8, 4) is 40.3 Å². The van der Waals surface area contributed by atoms with Crippen molar-refractivity contribution < 1.29 is 6.85 Å². The van der Waals surface area contributed by atoms with E-state index in [4.69, 9.17) is 1.37 Å². The van der Waals surface area contributed by atoms with Crippen LogP contribution in [-0.4, -0.2) is 13.7 Å². The normalized spacial score (nSPS) is 13.1. The van der Waals surface area contributed by atoms with E-state index >= 15 is 0 Å². The van der Waals surface area contributed by atoms with Crippen LogP contribution in [0.2, 0.25) is 0 Å². The molecule has 0 unspecified atom stereocenters. The largest absolute Gasteiger partial charge is 0.307 e. The molecule has 0 radical (unpaired) electrons. The summed E-state index contributed by atoms with van der Waals surface area (Å²) in [5, 5.41) is 37.7. The van der Waals surface area contributed by atoms with Crippen molar-refractivity contribution in [3.63, 3.8) is 0 Å². The van der Waals surface area contributed by atoms with Gasteiger partial charge in [0.05, 0.1) is 62.6 Å². The number of nitrogens with zero attached hydrogens (tertiary/aromatic N) is 5. The van der Waals surface area contributed by atoms with Gasteiger partial charge in [0, 0.05) is 98.4 Å². The molecule has 17 aromatic rings. The van der Waals surface area contributed by atoms with Crippen LogP contribution in [0, 0.1) is 22.7 Å². The van der Waals surface area contributed by atoms with Crippen molar-refractivity contribution in [2.24, 2.45) is 0 Å². The van der Waals surface area contributed by atoms with Crippen molar-refractivity contribution in [1.29, 1.82) is 10.5 Å². The second kappa shape index (κ2) is 15.5. The Morgan fingerprint density at radius 2 is 0.671 bits per heavy atom. The highest BCUT2D eigenvalue weighted by Gasteiger charge is 2.34. The molecule has 11 aromatic carbocycles. The van der Waals surface area contributed by atoms with E-state index in [-0.39, 0.29) is 27.9 Å². The van der Waals surface area contributed by atoms with Crippen molar-refractivity contribution in [2.45, 2.75) is 0 Å². The zero-order valence-corrected chi connectivity index (χ0v) is 42.2. The molecular weight excluding hydrogens is 983 g/mol. The van der Waals surface area contributed by atoms with Crippen LogP contribution >= 0.6 is 34.0 Å². The second-order valence-electron chi connectivity index (χ2n) is 19.3. The van der Waals surface area contributed by atoms with E-state index in [9.17, 15) is 16.0 Å². The van der Waals surface area contributed by atoms with Gasteiger partial charge in [0.15, 0.2) is 0 Å². The average molecular weight is 1020 g/mol. The number of rotatable bonds is 4. The van der Waals surface area contributed by atoms with Crippen molar-refractivity contribution in [1.82, 2.24) is 13.7 Å². The van der Waals surface area contributed by atoms with E-state index in [2.05, 4.69) is 143 Å². The fraction of sp³-hybridized carbons (Fsp3) is 0. The minimum Gasteiger partial charge on any atom is -0.307 e. The van der Waals surface area contributed by atoms with Gasteiger partial charge in [-0.05, 0) is 60.2 Å². The summed E-state index contributed by atoms with van der Waals surface area (Å²) in [6, 6.07) is 65.1. The number of aromatic nitrogens is 3. The number of nitriles is 2. The lowest BCUT2D eigenvalue weighted by Gasteiger charge is -2.26. The van der Waals surface area contributed by atoms with Crippen LogP contribution in [0.25, 0.3) is 154 Å². The molecule has 0 aliphatic heterocycles. The highest BCUT2D eigenvalue weighted by molar-refractivity contribution is 7.27. The van der Waals surface area contributed by atoms with Gasteiger partial charge in [-0.1, -0.05) is 158 Å². The van der Waals surface area contributed by atoms with Crippen LogP contribution in [0.5, 0.6) is 0 Å². The Morgan fingerprint density at radius 3 is 1.07 bits per heavy atom. The van der Waals surface area contributed by atoms with Crippen LogP contribution in [0.3, 0.4) is 0 Å². The Balaban J connectivity index is 1.17. The molecule has 0 fully saturated rings. The van der Waals surface area contributed by atoms with E-state index < -0.39 is 30.2 Å². The average Bonchev–Trinajstić information content (AvgIpc) is 4.34. The molecule has 8 heteroatoms. The SMILES string of the molecule is [2H]c1c([2H])c([2H])c(-c2c(C#N)c(-n3c4ccccc4c4c5sc6ccccc6c5ccc43)c(-n3c4ccccc4c4c5sc6ccccc6c5ccc43)c(C#N)c2-n2c3ccccc3c3c4sc5ccccc5c4ccc32)c([2H])c1[2H]. The fourth-order valence-electron chi connectivity index (χ4n) is 12.6. The zero-order valence-electron chi connectivity index (χ0n) is 44.8. The van der Waals surface area contributed by atoms with Crippen LogP contribution < -0.4 is 0 Å². The first-order valence-electron chi connectivity index (χ1n) is 27.4. The molecular formula is C68H35N5S3. The van der Waals surface area contributed by atoms with Gasteiger partial charge in [0.2, 0.25) is 0 Å². The van der Waals surface area contributed by atoms with Gasteiger partial charge in [-0.15, -0.1) is 34.0 Å². The quantitative estimate of drug-likeness (QED) is 0.176. The summed E-state index contributed by atoms with van der Waals surface area (Å²) in [6.45, 7) is 0. The summed E-state index contributed by atoms with van der Waals surface area (Å²) >= 11 is 5.12. The Labute approximate surface area is 452 Å². The van der Waals surface area contributed by atoms with E-state index in [1.54, 1.807) is 34.0 Å². The lowest BCUT2D eigenvalue weighted by molar-refractivity contribution is 1.06. The maximum Gasteiger partial charge on any atom is 0.104 e.